The Balaban J connectivity index is 1.31. The summed E-state index contributed by atoms with van der Waals surface area (Å²) in [4.78, 5) is 16.4. The normalized spacial score (nSPS) is 18.5. The summed E-state index contributed by atoms with van der Waals surface area (Å²) in [6.07, 6.45) is -3.89. The van der Waals surface area contributed by atoms with Gasteiger partial charge < -0.3 is 15.1 Å². The Morgan fingerprint density at radius 3 is 2.50 bits per heavy atom. The van der Waals surface area contributed by atoms with Crippen LogP contribution in [-0.4, -0.2) is 51.2 Å². The van der Waals surface area contributed by atoms with Crippen LogP contribution in [0.4, 0.5) is 24.5 Å². The first kappa shape index (κ1) is 24.1. The van der Waals surface area contributed by atoms with Crippen molar-refractivity contribution < 1.29 is 26.4 Å². The summed E-state index contributed by atoms with van der Waals surface area (Å²) in [5, 5.41) is 3.03. The van der Waals surface area contributed by atoms with Crippen molar-refractivity contribution >= 4 is 33.1 Å². The molecule has 2 aliphatic rings. The van der Waals surface area contributed by atoms with Gasteiger partial charge in [-0.25, -0.2) is 0 Å². The number of halogens is 3. The molecule has 0 unspecified atom stereocenters. The Morgan fingerprint density at radius 2 is 1.79 bits per heavy atom. The van der Waals surface area contributed by atoms with E-state index in [-0.39, 0.29) is 23.1 Å². The Labute approximate surface area is 196 Å². The molecule has 0 spiro atoms. The molecule has 182 valence electrons. The first-order valence-corrected chi connectivity index (χ1v) is 12.4. The van der Waals surface area contributed by atoms with Gasteiger partial charge in [-0.2, -0.15) is 21.6 Å². The maximum Gasteiger partial charge on any atom is 0.416 e. The van der Waals surface area contributed by atoms with Gasteiger partial charge in [-0.3, -0.25) is 4.79 Å². The molecule has 2 aromatic carbocycles. The van der Waals surface area contributed by atoms with Crippen LogP contribution < -0.4 is 10.2 Å². The Kier molecular flexibility index (Phi) is 6.57. The number of hydrogen-bond donors (Lipinski definition) is 1. The number of piperazine rings is 1. The summed E-state index contributed by atoms with van der Waals surface area (Å²) in [5.41, 5.74) is 0.260. The minimum absolute atomic E-state index is 0.0733. The number of hydrogen-bond acceptors (Lipinski definition) is 5. The number of rotatable bonds is 5. The number of anilines is 2. The molecule has 0 aliphatic carbocycles. The van der Waals surface area contributed by atoms with Crippen molar-refractivity contribution in [3.63, 3.8) is 0 Å². The quantitative estimate of drug-likeness (QED) is 0.680. The molecule has 0 aromatic heterocycles. The number of sulfonamides is 1. The zero-order chi connectivity index (χ0) is 24.5. The highest BCUT2D eigenvalue weighted by atomic mass is 32.2. The molecule has 1 fully saturated rings. The zero-order valence-electron chi connectivity index (χ0n) is 18.5. The highest BCUT2D eigenvalue weighted by Gasteiger charge is 2.31. The van der Waals surface area contributed by atoms with E-state index in [1.165, 1.54) is 12.1 Å². The highest BCUT2D eigenvalue weighted by Crippen LogP contribution is 2.32. The molecule has 2 aromatic rings. The fourth-order valence-electron chi connectivity index (χ4n) is 4.18. The average Bonchev–Trinajstić information content (AvgIpc) is 2.78. The number of fused-ring (bicyclic) bond motifs is 1. The number of alkyl halides is 3. The van der Waals surface area contributed by atoms with Crippen LogP contribution in [0.5, 0.6) is 0 Å². The third kappa shape index (κ3) is 5.35. The van der Waals surface area contributed by atoms with Gasteiger partial charge in [-0.05, 0) is 36.2 Å². The SMILES string of the molecule is C[C@H](CC(=O)N1CCN(c2cccc(C(F)(F)F)c2)CC1)CC1=NS(=O)(=O)c2ccccc2N1. The number of carbonyl (C=O) groups excluding carboxylic acids is 1. The van der Waals surface area contributed by atoms with Crippen LogP contribution in [-0.2, 0) is 21.0 Å². The molecule has 0 radical (unpaired) electrons. The van der Waals surface area contributed by atoms with Crippen LogP contribution in [0.1, 0.15) is 25.3 Å². The second-order valence-corrected chi connectivity index (χ2v) is 10.1. The maximum absolute atomic E-state index is 13.0. The monoisotopic (exact) mass is 494 g/mol. The van der Waals surface area contributed by atoms with E-state index in [1.54, 1.807) is 29.2 Å². The second-order valence-electron chi connectivity index (χ2n) is 8.56. The van der Waals surface area contributed by atoms with Gasteiger partial charge in [-0.15, -0.1) is 4.40 Å². The third-order valence-electron chi connectivity index (χ3n) is 5.91. The highest BCUT2D eigenvalue weighted by molar-refractivity contribution is 7.90. The van der Waals surface area contributed by atoms with Crippen molar-refractivity contribution in [3.05, 3.63) is 54.1 Å². The van der Waals surface area contributed by atoms with E-state index in [2.05, 4.69) is 9.71 Å². The lowest BCUT2D eigenvalue weighted by atomic mass is 10.0. The van der Waals surface area contributed by atoms with Gasteiger partial charge in [0.2, 0.25) is 5.91 Å². The molecule has 1 saturated heterocycles. The van der Waals surface area contributed by atoms with Crippen molar-refractivity contribution in [1.82, 2.24) is 4.90 Å². The van der Waals surface area contributed by atoms with Gasteiger partial charge in [0.1, 0.15) is 10.7 Å². The van der Waals surface area contributed by atoms with Crippen molar-refractivity contribution in [1.29, 1.82) is 0 Å². The van der Waals surface area contributed by atoms with E-state index >= 15 is 0 Å². The smallest absolute Gasteiger partial charge is 0.368 e. The number of nitrogens with one attached hydrogen (secondary N) is 1. The van der Waals surface area contributed by atoms with Crippen molar-refractivity contribution in [2.75, 3.05) is 36.4 Å². The number of nitrogens with zero attached hydrogens (tertiary/aromatic N) is 3. The van der Waals surface area contributed by atoms with Crippen molar-refractivity contribution in [2.24, 2.45) is 10.3 Å². The Morgan fingerprint density at radius 1 is 1.09 bits per heavy atom. The fraction of sp³-hybridized carbons (Fsp3) is 0.391. The van der Waals surface area contributed by atoms with Gasteiger partial charge >= 0.3 is 6.18 Å². The molecule has 0 saturated carbocycles. The molecule has 1 atom stereocenters. The lowest BCUT2D eigenvalue weighted by Gasteiger charge is -2.36. The van der Waals surface area contributed by atoms with Crippen LogP contribution >= 0.6 is 0 Å². The standard InChI is InChI=1S/C23H25F3N4O3S/c1-16(13-21-27-19-7-2-3-8-20(19)34(32,33)28-21)14-22(31)30-11-9-29(10-12-30)18-6-4-5-17(15-18)23(24,25)26/h2-8,15-16H,9-14H2,1H3,(H,27,28)/t16-/m0/s1. The molecule has 2 heterocycles. The summed E-state index contributed by atoms with van der Waals surface area (Å²) >= 11 is 0. The van der Waals surface area contributed by atoms with Crippen LogP contribution in [0.2, 0.25) is 0 Å². The van der Waals surface area contributed by atoms with E-state index in [0.717, 1.165) is 12.1 Å². The molecule has 11 heteroatoms. The topological polar surface area (TPSA) is 82.1 Å². The first-order chi connectivity index (χ1) is 16.0. The maximum atomic E-state index is 13.0. The molecule has 34 heavy (non-hydrogen) atoms. The van der Waals surface area contributed by atoms with Crippen molar-refractivity contribution in [2.45, 2.75) is 30.8 Å². The van der Waals surface area contributed by atoms with E-state index in [0.29, 0.717) is 49.8 Å². The Hall–Kier alpha value is -3.08. The van der Waals surface area contributed by atoms with Crippen LogP contribution in [0.3, 0.4) is 0 Å². The van der Waals surface area contributed by atoms with Crippen LogP contribution in [0, 0.1) is 5.92 Å². The minimum Gasteiger partial charge on any atom is -0.368 e. The van der Waals surface area contributed by atoms with Gasteiger partial charge in [0, 0.05) is 44.7 Å². The van der Waals surface area contributed by atoms with Gasteiger partial charge in [0.25, 0.3) is 10.0 Å². The molecular formula is C23H25F3N4O3S. The molecular weight excluding hydrogens is 469 g/mol. The predicted molar refractivity (Wildman–Crippen MR) is 123 cm³/mol. The number of benzene rings is 2. The van der Waals surface area contributed by atoms with Gasteiger partial charge in [-0.1, -0.05) is 25.1 Å². The summed E-state index contributed by atoms with van der Waals surface area (Å²) in [7, 11) is -3.78. The van der Waals surface area contributed by atoms with Crippen LogP contribution in [0.25, 0.3) is 0 Å². The summed E-state index contributed by atoms with van der Waals surface area (Å²) in [6.45, 7) is 3.54. The van der Waals surface area contributed by atoms with E-state index in [4.69, 9.17) is 0 Å². The molecule has 1 N–H and O–H groups in total. The van der Waals surface area contributed by atoms with E-state index in [1.807, 2.05) is 11.8 Å². The Bertz CT molecular complexity index is 1210. The molecule has 0 bridgehead atoms. The number of carbonyl (C=O) groups is 1. The molecule has 2 aliphatic heterocycles. The summed E-state index contributed by atoms with van der Waals surface area (Å²) in [5.74, 6) is 0.0740. The van der Waals surface area contributed by atoms with E-state index in [9.17, 15) is 26.4 Å². The lowest BCUT2D eigenvalue weighted by molar-refractivity contribution is -0.137. The first-order valence-electron chi connectivity index (χ1n) is 10.9. The van der Waals surface area contributed by atoms with Crippen LogP contribution in [0.15, 0.2) is 57.8 Å². The van der Waals surface area contributed by atoms with Gasteiger partial charge in [0.15, 0.2) is 0 Å². The minimum atomic E-state index is -4.40. The van der Waals surface area contributed by atoms with Crippen molar-refractivity contribution in [3.8, 4) is 0 Å². The predicted octanol–water partition coefficient (Wildman–Crippen LogP) is 3.98. The summed E-state index contributed by atoms with van der Waals surface area (Å²) in [6, 6.07) is 11.7. The molecule has 1 amide bonds. The van der Waals surface area contributed by atoms with Gasteiger partial charge in [0.05, 0.1) is 11.3 Å². The molecule has 7 nitrogen and oxygen atoms in total. The second kappa shape index (κ2) is 9.28. The average molecular weight is 495 g/mol. The number of amidine groups is 1. The number of amides is 1. The molecule has 4 rings (SSSR count). The number of para-hydroxylation sites is 1. The third-order valence-corrected chi connectivity index (χ3v) is 7.28. The summed E-state index contributed by atoms with van der Waals surface area (Å²) < 4.78 is 67.6. The fourth-order valence-corrected chi connectivity index (χ4v) is 5.33. The van der Waals surface area contributed by atoms with E-state index < -0.39 is 21.8 Å². The largest absolute Gasteiger partial charge is 0.416 e. The zero-order valence-corrected chi connectivity index (χ0v) is 19.4. The lowest BCUT2D eigenvalue weighted by Crippen LogP contribution is -2.49.